The molecule has 0 aromatic rings. The molecule has 0 aliphatic rings. The summed E-state index contributed by atoms with van der Waals surface area (Å²) in [6, 6.07) is 0. The fourth-order valence-electron chi connectivity index (χ4n) is 0.256. The molecule has 0 rings (SSSR count). The van der Waals surface area contributed by atoms with E-state index in [1.807, 2.05) is 0 Å². The first kappa shape index (κ1) is 11.7. The fraction of sp³-hybridized carbons (Fsp3) is 0.500. The minimum Gasteiger partial charge on any atom is -0.303 e. The molecular formula is C4H7NO8. The van der Waals surface area contributed by atoms with Crippen molar-refractivity contribution in [2.45, 2.75) is 6.42 Å². The third-order valence-corrected chi connectivity index (χ3v) is 0.639. The van der Waals surface area contributed by atoms with Crippen LogP contribution in [0, 0.1) is 0 Å². The first-order valence-electron chi connectivity index (χ1n) is 2.98. The predicted octanol–water partition coefficient (Wildman–Crippen LogP) is -0.499. The minimum atomic E-state index is -1.26. The number of hydroxylamine groups is 1. The molecule has 0 radical (unpaired) electrons. The van der Waals surface area contributed by atoms with Crippen molar-refractivity contribution in [3.63, 3.8) is 0 Å². The van der Waals surface area contributed by atoms with Gasteiger partial charge >= 0.3 is 6.09 Å². The first-order valence-corrected chi connectivity index (χ1v) is 2.98. The molecule has 0 aromatic carbocycles. The summed E-state index contributed by atoms with van der Waals surface area (Å²) in [6.45, 7) is -0.0310. The van der Waals surface area contributed by atoms with Crippen molar-refractivity contribution in [1.29, 1.82) is 0 Å². The van der Waals surface area contributed by atoms with E-state index in [1.165, 1.54) is 5.48 Å². The standard InChI is InChI=1S/C4H7NO8/c6-2-1-3-9-13-11-5-4(7)10-12-8/h2,8H,1,3H2,(H,5,7). The van der Waals surface area contributed by atoms with E-state index in [-0.39, 0.29) is 13.0 Å². The van der Waals surface area contributed by atoms with Crippen LogP contribution in [-0.2, 0) is 29.6 Å². The van der Waals surface area contributed by atoms with E-state index in [1.54, 1.807) is 0 Å². The summed E-state index contributed by atoms with van der Waals surface area (Å²) in [5, 5.41) is 14.4. The second kappa shape index (κ2) is 8.83. The molecule has 0 fully saturated rings. The molecule has 0 bridgehead atoms. The molecule has 76 valence electrons. The first-order chi connectivity index (χ1) is 6.31. The van der Waals surface area contributed by atoms with Crippen LogP contribution in [0.1, 0.15) is 6.42 Å². The smallest absolute Gasteiger partial charge is 0.303 e. The van der Waals surface area contributed by atoms with Gasteiger partial charge in [0.05, 0.1) is 6.61 Å². The van der Waals surface area contributed by atoms with Gasteiger partial charge in [0.1, 0.15) is 6.29 Å². The molecule has 9 nitrogen and oxygen atoms in total. The lowest BCUT2D eigenvalue weighted by atomic mass is 10.5. The Labute approximate surface area is 71.7 Å². The monoisotopic (exact) mass is 197 g/mol. The topological polar surface area (TPSA) is 113 Å². The van der Waals surface area contributed by atoms with Crippen LogP contribution in [0.5, 0.6) is 0 Å². The van der Waals surface area contributed by atoms with Crippen LogP contribution in [0.25, 0.3) is 0 Å². The van der Waals surface area contributed by atoms with Gasteiger partial charge in [0.15, 0.2) is 0 Å². The van der Waals surface area contributed by atoms with Crippen LogP contribution < -0.4 is 5.48 Å². The summed E-state index contributed by atoms with van der Waals surface area (Å²) in [7, 11) is 0. The van der Waals surface area contributed by atoms with Crippen LogP contribution in [0.3, 0.4) is 0 Å². The fourth-order valence-corrected chi connectivity index (χ4v) is 0.256. The number of aldehydes is 1. The largest absolute Gasteiger partial charge is 0.467 e. The molecule has 0 saturated heterocycles. The number of carbonyl (C=O) groups is 2. The van der Waals surface area contributed by atoms with Crippen molar-refractivity contribution < 1.29 is 39.7 Å². The van der Waals surface area contributed by atoms with E-state index in [2.05, 4.69) is 24.8 Å². The lowest BCUT2D eigenvalue weighted by Crippen LogP contribution is -2.24. The van der Waals surface area contributed by atoms with E-state index in [0.717, 1.165) is 0 Å². The molecule has 2 N–H and O–H groups in total. The van der Waals surface area contributed by atoms with E-state index in [0.29, 0.717) is 6.29 Å². The van der Waals surface area contributed by atoms with Gasteiger partial charge in [0.2, 0.25) is 0 Å². The summed E-state index contributed by atoms with van der Waals surface area (Å²) in [4.78, 5) is 31.4. The van der Waals surface area contributed by atoms with Gasteiger partial charge in [-0.1, -0.05) is 4.99 Å². The van der Waals surface area contributed by atoms with E-state index >= 15 is 0 Å². The van der Waals surface area contributed by atoms with Gasteiger partial charge in [-0.25, -0.2) is 19.8 Å². The maximum Gasteiger partial charge on any atom is 0.467 e. The molecule has 0 spiro atoms. The summed E-state index contributed by atoms with van der Waals surface area (Å²) in [5.41, 5.74) is 1.48. The van der Waals surface area contributed by atoms with Gasteiger partial charge in [-0.05, 0) is 10.1 Å². The average Bonchev–Trinajstić information content (AvgIpc) is 2.11. The maximum atomic E-state index is 10.2. The van der Waals surface area contributed by atoms with Crippen LogP contribution in [0.15, 0.2) is 0 Å². The number of hydrogen-bond donors (Lipinski definition) is 2. The van der Waals surface area contributed by atoms with Crippen molar-refractivity contribution in [2.24, 2.45) is 0 Å². The lowest BCUT2D eigenvalue weighted by molar-refractivity contribution is -0.533. The lowest BCUT2D eigenvalue weighted by Gasteiger charge is -2.00. The van der Waals surface area contributed by atoms with Crippen molar-refractivity contribution in [2.75, 3.05) is 6.61 Å². The van der Waals surface area contributed by atoms with Gasteiger partial charge in [-0.3, -0.25) is 0 Å². The number of amides is 1. The highest BCUT2D eigenvalue weighted by molar-refractivity contribution is 5.64. The molecule has 0 aliphatic heterocycles. The third-order valence-electron chi connectivity index (χ3n) is 0.639. The van der Waals surface area contributed by atoms with Crippen LogP contribution in [0.2, 0.25) is 0 Å². The minimum absolute atomic E-state index is 0.0310. The number of hydrogen-bond acceptors (Lipinski definition) is 8. The second-order valence-corrected chi connectivity index (χ2v) is 1.48. The Bertz CT molecular complexity index is 149. The maximum absolute atomic E-state index is 10.2. The Hall–Kier alpha value is -1.26. The van der Waals surface area contributed by atoms with Crippen LogP contribution in [0.4, 0.5) is 4.79 Å². The van der Waals surface area contributed by atoms with E-state index < -0.39 is 6.09 Å². The Morgan fingerprint density at radius 3 is 2.92 bits per heavy atom. The molecule has 9 heteroatoms. The molecule has 1 amide bonds. The number of nitrogens with one attached hydrogen (secondary N) is 1. The highest BCUT2D eigenvalue weighted by atomic mass is 17.5. The molecule has 0 heterocycles. The zero-order valence-corrected chi connectivity index (χ0v) is 6.30. The van der Waals surface area contributed by atoms with E-state index in [4.69, 9.17) is 5.26 Å². The highest BCUT2D eigenvalue weighted by Gasteiger charge is 2.02. The van der Waals surface area contributed by atoms with Crippen LogP contribution >= 0.6 is 0 Å². The Morgan fingerprint density at radius 1 is 1.54 bits per heavy atom. The van der Waals surface area contributed by atoms with Gasteiger partial charge < -0.3 is 4.79 Å². The average molecular weight is 197 g/mol. The highest BCUT2D eigenvalue weighted by Crippen LogP contribution is 1.82. The molecule has 0 aliphatic carbocycles. The molecular weight excluding hydrogens is 190 g/mol. The Kier molecular flexibility index (Phi) is 7.98. The van der Waals surface area contributed by atoms with Crippen molar-refractivity contribution in [3.8, 4) is 0 Å². The van der Waals surface area contributed by atoms with Gasteiger partial charge in [0.25, 0.3) is 0 Å². The Morgan fingerprint density at radius 2 is 2.31 bits per heavy atom. The van der Waals surface area contributed by atoms with Gasteiger partial charge in [0, 0.05) is 6.42 Å². The van der Waals surface area contributed by atoms with Gasteiger partial charge in [-0.2, -0.15) is 5.48 Å². The molecule has 0 atom stereocenters. The zero-order valence-electron chi connectivity index (χ0n) is 6.30. The predicted molar refractivity (Wildman–Crippen MR) is 32.1 cm³/mol. The second-order valence-electron chi connectivity index (χ2n) is 1.48. The third kappa shape index (κ3) is 8.65. The molecule has 13 heavy (non-hydrogen) atoms. The molecule has 0 saturated carbocycles. The summed E-state index contributed by atoms with van der Waals surface area (Å²) >= 11 is 0. The van der Waals surface area contributed by atoms with Crippen molar-refractivity contribution >= 4 is 12.4 Å². The van der Waals surface area contributed by atoms with Crippen LogP contribution in [-0.4, -0.2) is 24.2 Å². The quantitative estimate of drug-likeness (QED) is 0.243. The number of rotatable bonds is 7. The number of carbonyl (C=O) groups excluding carboxylic acids is 2. The SMILES string of the molecule is O=CCCOOONC(=O)OOO. The summed E-state index contributed by atoms with van der Waals surface area (Å²) < 4.78 is 0. The van der Waals surface area contributed by atoms with Crippen molar-refractivity contribution in [3.05, 3.63) is 0 Å². The zero-order chi connectivity index (χ0) is 9.94. The Balaban J connectivity index is 3.06. The van der Waals surface area contributed by atoms with Crippen molar-refractivity contribution in [1.82, 2.24) is 5.48 Å². The molecule has 0 aromatic heterocycles. The summed E-state index contributed by atoms with van der Waals surface area (Å²) in [6.07, 6.45) is -0.542. The van der Waals surface area contributed by atoms with Gasteiger partial charge in [-0.15, -0.1) is 0 Å². The van der Waals surface area contributed by atoms with E-state index in [9.17, 15) is 9.59 Å². The summed E-state index contributed by atoms with van der Waals surface area (Å²) in [5.74, 6) is 0. The molecule has 0 unspecified atom stereocenters. The normalized spacial score (nSPS) is 9.31.